The number of nitrogens with one attached hydrogen (secondary N) is 1. The lowest BCUT2D eigenvalue weighted by molar-refractivity contribution is 0.0857. The number of sulfonamides is 2. The molecular formula is C16H26N2O5S2. The molecule has 0 bridgehead atoms. The van der Waals surface area contributed by atoms with Crippen molar-refractivity contribution >= 4 is 25.7 Å². The summed E-state index contributed by atoms with van der Waals surface area (Å²) in [6.07, 6.45) is 1.43. The van der Waals surface area contributed by atoms with Gasteiger partial charge in [0.05, 0.1) is 21.9 Å². The molecule has 0 radical (unpaired) electrons. The molecule has 2 N–H and O–H groups in total. The predicted molar refractivity (Wildman–Crippen MR) is 97.8 cm³/mol. The van der Waals surface area contributed by atoms with E-state index in [9.17, 15) is 21.9 Å². The fraction of sp³-hybridized carbons (Fsp3) is 0.625. The van der Waals surface area contributed by atoms with Crippen molar-refractivity contribution in [2.45, 2.75) is 51.0 Å². The summed E-state index contributed by atoms with van der Waals surface area (Å²) in [6.45, 7) is 6.61. The van der Waals surface area contributed by atoms with E-state index in [0.717, 1.165) is 6.42 Å². The Labute approximate surface area is 150 Å². The van der Waals surface area contributed by atoms with Gasteiger partial charge in [-0.3, -0.25) is 4.31 Å². The minimum atomic E-state index is -3.81. The van der Waals surface area contributed by atoms with Crippen LogP contribution in [0.4, 0.5) is 5.69 Å². The van der Waals surface area contributed by atoms with E-state index in [1.165, 1.54) is 18.2 Å². The average Bonchev–Trinajstić information content (AvgIpc) is 2.43. The smallest absolute Gasteiger partial charge is 0.241 e. The van der Waals surface area contributed by atoms with E-state index in [1.807, 2.05) is 0 Å². The summed E-state index contributed by atoms with van der Waals surface area (Å²) in [5.74, 6) is 0.109. The van der Waals surface area contributed by atoms with Crippen LogP contribution in [0.3, 0.4) is 0 Å². The van der Waals surface area contributed by atoms with Gasteiger partial charge in [0.2, 0.25) is 20.0 Å². The fourth-order valence-corrected chi connectivity index (χ4v) is 6.19. The van der Waals surface area contributed by atoms with Crippen LogP contribution < -0.4 is 9.03 Å². The Bertz CT molecular complexity index is 832. The van der Waals surface area contributed by atoms with E-state index < -0.39 is 25.6 Å². The van der Waals surface area contributed by atoms with Crippen LogP contribution in [0.15, 0.2) is 17.0 Å². The van der Waals surface area contributed by atoms with E-state index in [2.05, 4.69) is 4.72 Å². The van der Waals surface area contributed by atoms with Crippen molar-refractivity contribution in [1.29, 1.82) is 0 Å². The second kappa shape index (κ2) is 6.86. The van der Waals surface area contributed by atoms with Gasteiger partial charge in [-0.1, -0.05) is 0 Å². The largest absolute Gasteiger partial charge is 0.389 e. The van der Waals surface area contributed by atoms with Gasteiger partial charge in [0.1, 0.15) is 0 Å². The zero-order valence-corrected chi connectivity index (χ0v) is 16.7. The molecule has 1 aliphatic rings. The first kappa shape index (κ1) is 20.2. The standard InChI is InChI=1S/C16H26N2O5S2/c1-12-9-14(18-7-5-6-8-24(18,20)21)10-13(2)15(12)25(22,23)17-11-16(3,4)19/h9-10,17,19H,5-8,11H2,1-4H3. The Kier molecular flexibility index (Phi) is 5.53. The summed E-state index contributed by atoms with van der Waals surface area (Å²) in [5, 5.41) is 9.74. The Morgan fingerprint density at radius 3 is 2.24 bits per heavy atom. The first-order valence-electron chi connectivity index (χ1n) is 8.17. The van der Waals surface area contributed by atoms with Crippen molar-refractivity contribution in [1.82, 2.24) is 4.72 Å². The SMILES string of the molecule is Cc1cc(N2CCCCS2(=O)=O)cc(C)c1S(=O)(=O)NCC(C)(C)O. The highest BCUT2D eigenvalue weighted by molar-refractivity contribution is 7.92. The molecule has 1 aromatic carbocycles. The normalized spacial score (nSPS) is 18.4. The van der Waals surface area contributed by atoms with Crippen LogP contribution in [0.5, 0.6) is 0 Å². The number of anilines is 1. The number of benzene rings is 1. The first-order valence-corrected chi connectivity index (χ1v) is 11.3. The molecular weight excluding hydrogens is 364 g/mol. The summed E-state index contributed by atoms with van der Waals surface area (Å²) in [5.41, 5.74) is 0.269. The highest BCUT2D eigenvalue weighted by Crippen LogP contribution is 2.30. The van der Waals surface area contributed by atoms with Gasteiger partial charge in [-0.05, 0) is 63.8 Å². The number of rotatable bonds is 5. The molecule has 0 amide bonds. The van der Waals surface area contributed by atoms with Gasteiger partial charge < -0.3 is 5.11 Å². The minimum Gasteiger partial charge on any atom is -0.389 e. The third-order valence-corrected chi connectivity index (χ3v) is 7.62. The van der Waals surface area contributed by atoms with Gasteiger partial charge in [-0.25, -0.2) is 21.6 Å². The third kappa shape index (κ3) is 4.72. The van der Waals surface area contributed by atoms with Gasteiger partial charge in [-0.15, -0.1) is 0 Å². The third-order valence-electron chi connectivity index (χ3n) is 4.05. The Morgan fingerprint density at radius 1 is 1.20 bits per heavy atom. The van der Waals surface area contributed by atoms with Crippen LogP contribution >= 0.6 is 0 Å². The highest BCUT2D eigenvalue weighted by Gasteiger charge is 2.29. The summed E-state index contributed by atoms with van der Waals surface area (Å²) in [4.78, 5) is 0.120. The average molecular weight is 391 g/mol. The number of nitrogens with zero attached hydrogens (tertiary/aromatic N) is 1. The molecule has 0 aromatic heterocycles. The lowest BCUT2D eigenvalue weighted by Crippen LogP contribution is -2.39. The minimum absolute atomic E-state index is 0.109. The van der Waals surface area contributed by atoms with Crippen molar-refractivity contribution in [2.24, 2.45) is 0 Å². The van der Waals surface area contributed by atoms with Crippen molar-refractivity contribution in [3.05, 3.63) is 23.3 Å². The lowest BCUT2D eigenvalue weighted by Gasteiger charge is -2.29. The van der Waals surface area contributed by atoms with Crippen molar-refractivity contribution in [3.8, 4) is 0 Å². The molecule has 2 rings (SSSR count). The number of hydrogen-bond acceptors (Lipinski definition) is 5. The second-order valence-electron chi connectivity index (χ2n) is 7.14. The van der Waals surface area contributed by atoms with E-state index >= 15 is 0 Å². The number of aryl methyl sites for hydroxylation is 2. The molecule has 1 aliphatic heterocycles. The summed E-state index contributed by atoms with van der Waals surface area (Å²) in [7, 11) is -7.16. The quantitative estimate of drug-likeness (QED) is 0.788. The molecule has 1 saturated heterocycles. The van der Waals surface area contributed by atoms with Gasteiger partial charge in [-0.2, -0.15) is 0 Å². The summed E-state index contributed by atoms with van der Waals surface area (Å²) in [6, 6.07) is 3.18. The van der Waals surface area contributed by atoms with Crippen LogP contribution in [0.1, 0.15) is 37.8 Å². The van der Waals surface area contributed by atoms with Gasteiger partial charge in [0.15, 0.2) is 0 Å². The lowest BCUT2D eigenvalue weighted by atomic mass is 10.1. The molecule has 0 aliphatic carbocycles. The van der Waals surface area contributed by atoms with Gasteiger partial charge >= 0.3 is 0 Å². The predicted octanol–water partition coefficient (Wildman–Crippen LogP) is 1.28. The van der Waals surface area contributed by atoms with E-state index in [-0.39, 0.29) is 17.2 Å². The Balaban J connectivity index is 2.41. The molecule has 142 valence electrons. The Morgan fingerprint density at radius 2 is 1.76 bits per heavy atom. The van der Waals surface area contributed by atoms with Gasteiger partial charge in [0, 0.05) is 13.1 Å². The maximum absolute atomic E-state index is 12.6. The maximum atomic E-state index is 12.6. The van der Waals surface area contributed by atoms with Crippen molar-refractivity contribution < 1.29 is 21.9 Å². The summed E-state index contributed by atoms with van der Waals surface area (Å²) < 4.78 is 53.5. The monoisotopic (exact) mass is 390 g/mol. The second-order valence-corrected chi connectivity index (χ2v) is 10.9. The fourth-order valence-electron chi connectivity index (χ4n) is 2.92. The number of hydrogen-bond donors (Lipinski definition) is 2. The van der Waals surface area contributed by atoms with E-state index in [4.69, 9.17) is 0 Å². The summed E-state index contributed by atoms with van der Waals surface area (Å²) >= 11 is 0. The van der Waals surface area contributed by atoms with Crippen LogP contribution in [-0.4, -0.2) is 46.4 Å². The molecule has 0 spiro atoms. The van der Waals surface area contributed by atoms with Crippen LogP contribution in [0, 0.1) is 13.8 Å². The topological polar surface area (TPSA) is 104 Å². The zero-order valence-electron chi connectivity index (χ0n) is 15.0. The number of aliphatic hydroxyl groups is 1. The molecule has 25 heavy (non-hydrogen) atoms. The molecule has 1 aromatic rings. The maximum Gasteiger partial charge on any atom is 0.241 e. The molecule has 0 unspecified atom stereocenters. The van der Waals surface area contributed by atoms with Crippen LogP contribution in [-0.2, 0) is 20.0 Å². The van der Waals surface area contributed by atoms with E-state index in [0.29, 0.717) is 29.8 Å². The van der Waals surface area contributed by atoms with Gasteiger partial charge in [0.25, 0.3) is 0 Å². The van der Waals surface area contributed by atoms with Crippen molar-refractivity contribution in [3.63, 3.8) is 0 Å². The van der Waals surface area contributed by atoms with Crippen LogP contribution in [0.25, 0.3) is 0 Å². The molecule has 9 heteroatoms. The van der Waals surface area contributed by atoms with Crippen LogP contribution in [0.2, 0.25) is 0 Å². The van der Waals surface area contributed by atoms with Crippen molar-refractivity contribution in [2.75, 3.05) is 23.1 Å². The van der Waals surface area contributed by atoms with E-state index in [1.54, 1.807) is 26.0 Å². The molecule has 1 heterocycles. The highest BCUT2D eigenvalue weighted by atomic mass is 32.2. The first-order chi connectivity index (χ1) is 11.3. The molecule has 1 fully saturated rings. The zero-order chi connectivity index (χ0) is 19.0. The molecule has 7 nitrogen and oxygen atoms in total. The molecule has 0 atom stereocenters. The molecule has 0 saturated carbocycles. The Hall–Kier alpha value is -1.16.